The molecule has 0 saturated heterocycles. The Kier molecular flexibility index (Phi) is 3.46. The summed E-state index contributed by atoms with van der Waals surface area (Å²) >= 11 is 0. The first kappa shape index (κ1) is 16.3. The molecule has 0 aliphatic heterocycles. The number of aromatic amines is 1. The minimum absolute atomic E-state index is 0.411. The topological polar surface area (TPSA) is 54.7 Å². The number of aromatic nitrogens is 2. The summed E-state index contributed by atoms with van der Waals surface area (Å²) in [6.07, 6.45) is 0. The smallest absolute Gasteiger partial charge is 0.0953 e. The maximum atomic E-state index is 6.03. The summed E-state index contributed by atoms with van der Waals surface area (Å²) in [5.74, 6) is 0. The van der Waals surface area contributed by atoms with E-state index < -0.39 is 0 Å². The van der Waals surface area contributed by atoms with Crippen molar-refractivity contribution in [3.8, 4) is 11.3 Å². The van der Waals surface area contributed by atoms with E-state index in [4.69, 9.17) is 10.7 Å². The zero-order valence-corrected chi connectivity index (χ0v) is 15.8. The van der Waals surface area contributed by atoms with Crippen LogP contribution in [0.3, 0.4) is 0 Å². The van der Waals surface area contributed by atoms with Crippen LogP contribution in [0.15, 0.2) is 84.9 Å². The van der Waals surface area contributed by atoms with E-state index in [1.807, 2.05) is 0 Å². The summed E-state index contributed by atoms with van der Waals surface area (Å²) in [6, 6.07) is 29.9. The molecule has 0 fully saturated rings. The van der Waals surface area contributed by atoms with Crippen molar-refractivity contribution >= 4 is 43.4 Å². The van der Waals surface area contributed by atoms with Gasteiger partial charge in [-0.25, -0.2) is 4.98 Å². The van der Waals surface area contributed by atoms with Gasteiger partial charge in [0.15, 0.2) is 0 Å². The molecule has 29 heavy (non-hydrogen) atoms. The number of hydrogen-bond donors (Lipinski definition) is 2. The molecule has 3 nitrogen and oxygen atoms in total. The number of H-pyrrole nitrogens is 1. The molecule has 0 unspecified atom stereocenters. The standard InChI is InChI=1S/C26H19N3/c27-15-17-14-23-21-11-5-6-12-24(21)29-26(23)25(28-17)22-13-16-7-1-2-8-18(16)19-9-3-4-10-20(19)22/h1-14,29H,15,27H2. The normalized spacial score (nSPS) is 11.8. The number of nitrogens with one attached hydrogen (secondary N) is 1. The molecule has 6 aromatic rings. The molecule has 0 saturated carbocycles. The Bertz CT molecular complexity index is 1540. The third kappa shape index (κ3) is 2.38. The number of rotatable bonds is 2. The zero-order chi connectivity index (χ0) is 19.4. The van der Waals surface area contributed by atoms with E-state index >= 15 is 0 Å². The second kappa shape index (κ2) is 6.16. The quantitative estimate of drug-likeness (QED) is 0.358. The lowest BCUT2D eigenvalue weighted by Crippen LogP contribution is -2.01. The van der Waals surface area contributed by atoms with E-state index in [1.54, 1.807) is 0 Å². The van der Waals surface area contributed by atoms with E-state index in [0.29, 0.717) is 6.54 Å². The number of nitrogens with two attached hydrogens (primary N) is 1. The van der Waals surface area contributed by atoms with Crippen molar-refractivity contribution in [1.82, 2.24) is 9.97 Å². The highest BCUT2D eigenvalue weighted by molar-refractivity contribution is 6.17. The first-order valence-corrected chi connectivity index (χ1v) is 9.85. The van der Waals surface area contributed by atoms with Crippen molar-refractivity contribution < 1.29 is 0 Å². The van der Waals surface area contributed by atoms with Gasteiger partial charge in [-0.05, 0) is 39.7 Å². The molecular weight excluding hydrogens is 354 g/mol. The number of hydrogen-bond acceptors (Lipinski definition) is 2. The van der Waals surface area contributed by atoms with Gasteiger partial charge in [0.05, 0.1) is 16.9 Å². The predicted molar refractivity (Wildman–Crippen MR) is 122 cm³/mol. The van der Waals surface area contributed by atoms with Gasteiger partial charge in [-0.1, -0.05) is 66.7 Å². The van der Waals surface area contributed by atoms with Gasteiger partial charge in [-0.2, -0.15) is 0 Å². The van der Waals surface area contributed by atoms with Crippen LogP contribution >= 0.6 is 0 Å². The zero-order valence-electron chi connectivity index (χ0n) is 15.8. The lowest BCUT2D eigenvalue weighted by molar-refractivity contribution is 1.00. The molecule has 0 spiro atoms. The van der Waals surface area contributed by atoms with Crippen LogP contribution in [0.4, 0.5) is 0 Å². The number of pyridine rings is 1. The van der Waals surface area contributed by atoms with Crippen molar-refractivity contribution in [3.05, 3.63) is 90.6 Å². The molecule has 0 radical (unpaired) electrons. The largest absolute Gasteiger partial charge is 0.353 e. The molecule has 0 aliphatic carbocycles. The molecule has 3 heteroatoms. The SMILES string of the molecule is NCc1cc2c([nH]c3ccccc32)c(-c2cc3ccccc3c3ccccc23)n1. The van der Waals surface area contributed by atoms with Crippen LogP contribution in [0, 0.1) is 0 Å². The van der Waals surface area contributed by atoms with Crippen LogP contribution in [0.2, 0.25) is 0 Å². The maximum absolute atomic E-state index is 6.03. The van der Waals surface area contributed by atoms with Crippen molar-refractivity contribution in [3.63, 3.8) is 0 Å². The van der Waals surface area contributed by atoms with Crippen LogP contribution in [0.5, 0.6) is 0 Å². The Hall–Kier alpha value is -3.69. The molecule has 2 aromatic heterocycles. The molecule has 6 rings (SSSR count). The van der Waals surface area contributed by atoms with Crippen molar-refractivity contribution in [2.75, 3.05) is 0 Å². The average molecular weight is 373 g/mol. The molecule has 4 aromatic carbocycles. The highest BCUT2D eigenvalue weighted by atomic mass is 14.8. The third-order valence-electron chi connectivity index (χ3n) is 5.78. The van der Waals surface area contributed by atoms with Gasteiger partial charge < -0.3 is 10.7 Å². The fraction of sp³-hybridized carbons (Fsp3) is 0.0385. The molecule has 2 heterocycles. The Morgan fingerprint density at radius 3 is 2.21 bits per heavy atom. The van der Waals surface area contributed by atoms with E-state index in [-0.39, 0.29) is 0 Å². The third-order valence-corrected chi connectivity index (χ3v) is 5.78. The van der Waals surface area contributed by atoms with Gasteiger partial charge in [0.1, 0.15) is 0 Å². The van der Waals surface area contributed by atoms with Crippen LogP contribution in [-0.4, -0.2) is 9.97 Å². The molecule has 138 valence electrons. The van der Waals surface area contributed by atoms with Crippen LogP contribution in [0.1, 0.15) is 5.69 Å². The van der Waals surface area contributed by atoms with Crippen molar-refractivity contribution in [1.29, 1.82) is 0 Å². The number of fused-ring (bicyclic) bond motifs is 6. The van der Waals surface area contributed by atoms with Gasteiger partial charge in [-0.15, -0.1) is 0 Å². The Labute approximate surface area is 167 Å². The van der Waals surface area contributed by atoms with Gasteiger partial charge in [0.2, 0.25) is 0 Å². The monoisotopic (exact) mass is 373 g/mol. The molecular formula is C26H19N3. The summed E-state index contributed by atoms with van der Waals surface area (Å²) in [7, 11) is 0. The first-order valence-electron chi connectivity index (χ1n) is 9.85. The summed E-state index contributed by atoms with van der Waals surface area (Å²) < 4.78 is 0. The summed E-state index contributed by atoms with van der Waals surface area (Å²) in [6.45, 7) is 0.411. The lowest BCUT2D eigenvalue weighted by Gasteiger charge is -2.12. The van der Waals surface area contributed by atoms with Gasteiger partial charge in [0.25, 0.3) is 0 Å². The molecule has 0 atom stereocenters. The second-order valence-corrected chi connectivity index (χ2v) is 7.45. The summed E-state index contributed by atoms with van der Waals surface area (Å²) in [5.41, 5.74) is 11.2. The second-order valence-electron chi connectivity index (χ2n) is 7.45. The maximum Gasteiger partial charge on any atom is 0.0953 e. The van der Waals surface area contributed by atoms with Crippen molar-refractivity contribution in [2.24, 2.45) is 5.73 Å². The Balaban J connectivity index is 1.81. The molecule has 0 amide bonds. The van der Waals surface area contributed by atoms with E-state index in [9.17, 15) is 0 Å². The fourth-order valence-electron chi connectivity index (χ4n) is 4.45. The van der Waals surface area contributed by atoms with Crippen molar-refractivity contribution in [2.45, 2.75) is 6.54 Å². The minimum atomic E-state index is 0.411. The van der Waals surface area contributed by atoms with Gasteiger partial charge in [-0.3, -0.25) is 0 Å². The molecule has 0 aliphatic rings. The number of nitrogens with zero attached hydrogens (tertiary/aromatic N) is 1. The van der Waals surface area contributed by atoms with Crippen LogP contribution in [0.25, 0.3) is 54.6 Å². The number of para-hydroxylation sites is 1. The predicted octanol–water partition coefficient (Wildman–Crippen LogP) is 6.15. The van der Waals surface area contributed by atoms with E-state index in [0.717, 1.165) is 28.0 Å². The van der Waals surface area contributed by atoms with Gasteiger partial charge in [0, 0.05) is 28.4 Å². The van der Waals surface area contributed by atoms with Gasteiger partial charge >= 0.3 is 0 Å². The summed E-state index contributed by atoms with van der Waals surface area (Å²) in [4.78, 5) is 8.59. The first-order chi connectivity index (χ1) is 14.3. The van der Waals surface area contributed by atoms with E-state index in [2.05, 4.69) is 89.9 Å². The van der Waals surface area contributed by atoms with E-state index in [1.165, 1.54) is 32.3 Å². The summed E-state index contributed by atoms with van der Waals surface area (Å²) in [5, 5.41) is 7.28. The van der Waals surface area contributed by atoms with Crippen LogP contribution < -0.4 is 5.73 Å². The lowest BCUT2D eigenvalue weighted by atomic mass is 9.94. The highest BCUT2D eigenvalue weighted by Gasteiger charge is 2.16. The highest BCUT2D eigenvalue weighted by Crippen LogP contribution is 2.38. The average Bonchev–Trinajstić information content (AvgIpc) is 3.16. The molecule has 3 N–H and O–H groups in total. The Morgan fingerprint density at radius 1 is 0.690 bits per heavy atom. The molecule has 0 bridgehead atoms. The fourth-order valence-corrected chi connectivity index (χ4v) is 4.45. The Morgan fingerprint density at radius 2 is 1.38 bits per heavy atom. The number of benzene rings is 4. The van der Waals surface area contributed by atoms with Crippen LogP contribution in [-0.2, 0) is 6.54 Å². The minimum Gasteiger partial charge on any atom is -0.353 e.